The smallest absolute Gasteiger partial charge is 0.229 e. The fraction of sp³-hybridized carbons (Fsp3) is 0.302. The Kier molecular flexibility index (Phi) is 12.6. The van der Waals surface area contributed by atoms with E-state index in [0.717, 1.165) is 0 Å². The lowest BCUT2D eigenvalue weighted by molar-refractivity contribution is -0.123. The molecular weight excluding hydrogens is 823 g/mol. The summed E-state index contributed by atoms with van der Waals surface area (Å²) in [5.74, 6) is -8.85. The fourth-order valence-corrected chi connectivity index (χ4v) is 6.62. The van der Waals surface area contributed by atoms with Crippen molar-refractivity contribution in [1.29, 1.82) is 0 Å². The molecule has 4 aromatic carbocycles. The summed E-state index contributed by atoms with van der Waals surface area (Å²) < 4.78 is 96.6. The van der Waals surface area contributed by atoms with Crippen LogP contribution in [0, 0.1) is 40.3 Å². The van der Waals surface area contributed by atoms with Crippen molar-refractivity contribution < 1.29 is 50.5 Å². The average molecular weight is 863 g/mol. The third-order valence-corrected chi connectivity index (χ3v) is 10.1. The van der Waals surface area contributed by atoms with Gasteiger partial charge >= 0.3 is 0 Å². The van der Waals surface area contributed by atoms with Crippen molar-refractivity contribution >= 4 is 56.8 Å². The second kappa shape index (κ2) is 17.9. The third kappa shape index (κ3) is 9.09. The van der Waals surface area contributed by atoms with Gasteiger partial charge in [0.05, 0.1) is 83.4 Å². The van der Waals surface area contributed by atoms with E-state index in [0.29, 0.717) is 98.4 Å². The number of nitrogens with one attached hydrogen (secondary N) is 1. The van der Waals surface area contributed by atoms with E-state index in [1.54, 1.807) is 39.2 Å². The van der Waals surface area contributed by atoms with Crippen LogP contribution >= 0.6 is 0 Å². The summed E-state index contributed by atoms with van der Waals surface area (Å²) in [7, 11) is 0. The van der Waals surface area contributed by atoms with E-state index in [2.05, 4.69) is 25.3 Å². The van der Waals surface area contributed by atoms with Crippen LogP contribution in [-0.4, -0.2) is 89.3 Å². The molecule has 1 unspecified atom stereocenters. The highest BCUT2D eigenvalue weighted by atomic mass is 19.2. The van der Waals surface area contributed by atoms with Crippen LogP contribution in [0.2, 0.25) is 0 Å². The summed E-state index contributed by atoms with van der Waals surface area (Å²) in [6, 6.07) is 9.75. The zero-order chi connectivity index (χ0) is 44.5. The van der Waals surface area contributed by atoms with Crippen molar-refractivity contribution in [2.45, 2.75) is 26.9 Å². The number of fused-ring (bicyclic) bond motifs is 2. The highest BCUT2D eigenvalue weighted by Gasteiger charge is 2.30. The summed E-state index contributed by atoms with van der Waals surface area (Å²) in [6.07, 6.45) is 1.39. The molecule has 0 spiro atoms. The molecule has 2 aromatic heterocycles. The third-order valence-electron chi connectivity index (χ3n) is 10.1. The molecule has 2 aliphatic heterocycles. The van der Waals surface area contributed by atoms with Gasteiger partial charge in [-0.15, -0.1) is 0 Å². The number of benzene rings is 4. The summed E-state index contributed by atoms with van der Waals surface area (Å²) in [5, 5.41) is 13.1. The van der Waals surface area contributed by atoms with E-state index in [-0.39, 0.29) is 11.1 Å². The maximum Gasteiger partial charge on any atom is 0.229 e. The number of ether oxygens (including phenoxy) is 2. The molecule has 0 radical (unpaired) electrons. The first-order chi connectivity index (χ1) is 29.5. The van der Waals surface area contributed by atoms with Crippen LogP contribution in [-0.2, 0) is 14.3 Å². The van der Waals surface area contributed by atoms with Crippen LogP contribution in [0.3, 0.4) is 0 Å². The van der Waals surface area contributed by atoms with Crippen LogP contribution in [0.5, 0.6) is 0 Å². The van der Waals surface area contributed by atoms with E-state index >= 15 is 4.39 Å². The lowest BCUT2D eigenvalue weighted by atomic mass is 9.95. The van der Waals surface area contributed by atoms with Gasteiger partial charge in [-0.1, -0.05) is 26.8 Å². The number of morpholine rings is 2. The molecular formula is C43H40F6N8O5. The Balaban J connectivity index is 0.000000190. The fourth-order valence-electron chi connectivity index (χ4n) is 6.62. The standard InChI is InChI=1S/C24H25F3N4O3.C19H15F3N4O2/c1-24(2,3)23(33)30-17-11-14(25)20(26)19(21(17)27)22(32)13-4-5-15-16(10-13)29-18(12-28-15)31-6-8-34-9-7-31;20-11-8-12(23)18(22)16(17(11)21)19(27)10-1-2-13-14(7-10)25-15(9-24-13)26-3-5-28-6-4-26/h4-5,10-12,22,32H,6-9H2,1-3H3,(H,30,33);1-2,7-9H,3-6,23H2. The molecule has 13 nitrogen and oxygen atoms in total. The number of halogens is 6. The van der Waals surface area contributed by atoms with Crippen LogP contribution < -0.4 is 20.9 Å². The molecule has 6 aromatic rings. The first-order valence-corrected chi connectivity index (χ1v) is 19.3. The molecule has 4 heterocycles. The SMILES string of the molecule is CC(C)(C)C(=O)Nc1cc(F)c(F)c(C(O)c2ccc3ncc(N4CCOCC4)nc3c2)c1F.Nc1cc(F)c(F)c(C(=O)c2ccc3ncc(N4CCOCC4)nc3c2)c1F. The quantitative estimate of drug-likeness (QED) is 0.0678. The minimum atomic E-state index is -1.85. The maximum absolute atomic E-state index is 15.2. The molecule has 2 aliphatic rings. The number of hydrogen-bond acceptors (Lipinski definition) is 12. The van der Waals surface area contributed by atoms with Gasteiger partial charge in [-0.3, -0.25) is 19.6 Å². The number of aliphatic hydroxyl groups excluding tert-OH is 1. The minimum Gasteiger partial charge on any atom is -0.396 e. The Labute approximate surface area is 350 Å². The van der Waals surface area contributed by atoms with E-state index in [1.165, 1.54) is 30.3 Å². The van der Waals surface area contributed by atoms with E-state index in [1.807, 2.05) is 9.80 Å². The molecule has 324 valence electrons. The summed E-state index contributed by atoms with van der Waals surface area (Å²) >= 11 is 0. The van der Waals surface area contributed by atoms with E-state index in [9.17, 15) is 36.6 Å². The predicted molar refractivity (Wildman–Crippen MR) is 218 cm³/mol. The molecule has 2 saturated heterocycles. The maximum atomic E-state index is 15.2. The Morgan fingerprint density at radius 2 is 1.24 bits per heavy atom. The summed E-state index contributed by atoms with van der Waals surface area (Å²) in [6.45, 7) is 9.63. The number of rotatable bonds is 7. The van der Waals surface area contributed by atoms with E-state index in [4.69, 9.17) is 15.2 Å². The number of aliphatic hydroxyl groups is 1. The van der Waals surface area contributed by atoms with Crippen molar-refractivity contribution in [2.75, 3.05) is 73.5 Å². The van der Waals surface area contributed by atoms with Crippen molar-refractivity contribution in [3.05, 3.63) is 118 Å². The van der Waals surface area contributed by atoms with Gasteiger partial charge < -0.3 is 35.4 Å². The van der Waals surface area contributed by atoms with Gasteiger partial charge in [-0.2, -0.15) is 0 Å². The van der Waals surface area contributed by atoms with Gasteiger partial charge in [0.25, 0.3) is 0 Å². The zero-order valence-electron chi connectivity index (χ0n) is 33.6. The minimum absolute atomic E-state index is 0.0521. The molecule has 62 heavy (non-hydrogen) atoms. The molecule has 1 atom stereocenters. The Morgan fingerprint density at radius 1 is 0.710 bits per heavy atom. The van der Waals surface area contributed by atoms with E-state index < -0.39 is 80.6 Å². The second-order valence-electron chi connectivity index (χ2n) is 15.4. The van der Waals surface area contributed by atoms with Gasteiger partial charge in [-0.25, -0.2) is 36.3 Å². The number of hydrogen-bond donors (Lipinski definition) is 3. The Hall–Kier alpha value is -6.44. The lowest BCUT2D eigenvalue weighted by Crippen LogP contribution is -2.36. The van der Waals surface area contributed by atoms with Gasteiger partial charge in [0.1, 0.15) is 17.7 Å². The molecule has 19 heteroatoms. The van der Waals surface area contributed by atoms with Crippen molar-refractivity contribution in [3.8, 4) is 0 Å². The molecule has 0 bridgehead atoms. The number of nitrogen functional groups attached to an aromatic ring is 1. The van der Waals surface area contributed by atoms with Gasteiger partial charge in [-0.05, 0) is 35.9 Å². The average Bonchev–Trinajstić information content (AvgIpc) is 3.27. The summed E-state index contributed by atoms with van der Waals surface area (Å²) in [5.41, 5.74) is 3.15. The highest BCUT2D eigenvalue weighted by Crippen LogP contribution is 2.34. The Morgan fingerprint density at radius 3 is 1.81 bits per heavy atom. The number of carbonyl (C=O) groups is 2. The lowest BCUT2D eigenvalue weighted by Gasteiger charge is -2.27. The number of nitrogens with zero attached hydrogens (tertiary/aromatic N) is 6. The molecule has 1 amide bonds. The number of nitrogens with two attached hydrogens (primary N) is 1. The number of anilines is 4. The molecule has 2 fully saturated rings. The largest absolute Gasteiger partial charge is 0.396 e. The molecule has 0 aliphatic carbocycles. The number of amides is 1. The van der Waals surface area contributed by atoms with Crippen LogP contribution in [0.1, 0.15) is 53.9 Å². The summed E-state index contributed by atoms with van der Waals surface area (Å²) in [4.78, 5) is 46.6. The van der Waals surface area contributed by atoms with Crippen LogP contribution in [0.25, 0.3) is 22.1 Å². The van der Waals surface area contributed by atoms with Gasteiger partial charge in [0, 0.05) is 49.3 Å². The molecule has 0 saturated carbocycles. The Bertz CT molecular complexity index is 2660. The first-order valence-electron chi connectivity index (χ1n) is 19.3. The molecule has 8 rings (SSSR count). The molecule has 4 N–H and O–H groups in total. The van der Waals surface area contributed by atoms with Gasteiger partial charge in [0.2, 0.25) is 5.91 Å². The number of aromatic nitrogens is 4. The second-order valence-corrected chi connectivity index (χ2v) is 15.4. The predicted octanol–water partition coefficient (Wildman–Crippen LogP) is 6.65. The normalized spacial score (nSPS) is 15.0. The monoisotopic (exact) mass is 862 g/mol. The zero-order valence-corrected chi connectivity index (χ0v) is 33.6. The van der Waals surface area contributed by atoms with Crippen LogP contribution in [0.15, 0.2) is 60.9 Å². The van der Waals surface area contributed by atoms with Crippen molar-refractivity contribution in [2.24, 2.45) is 5.41 Å². The first kappa shape index (κ1) is 43.6. The van der Waals surface area contributed by atoms with Crippen molar-refractivity contribution in [3.63, 3.8) is 0 Å². The van der Waals surface area contributed by atoms with Crippen LogP contribution in [0.4, 0.5) is 49.4 Å². The van der Waals surface area contributed by atoms with Gasteiger partial charge in [0.15, 0.2) is 40.7 Å². The topological polar surface area (TPSA) is 169 Å². The van der Waals surface area contributed by atoms with Crippen molar-refractivity contribution in [1.82, 2.24) is 19.9 Å². The number of carbonyl (C=O) groups excluding carboxylic acids is 2. The number of ketones is 1. The highest BCUT2D eigenvalue weighted by molar-refractivity contribution is 6.11.